The summed E-state index contributed by atoms with van der Waals surface area (Å²) in [5.74, 6) is -1.61. The van der Waals surface area contributed by atoms with Crippen molar-refractivity contribution in [3.05, 3.63) is 71.3 Å². The Morgan fingerprint density at radius 3 is 2.43 bits per heavy atom. The number of hydrogen-bond donors (Lipinski definition) is 2. The van der Waals surface area contributed by atoms with Gasteiger partial charge in [0.15, 0.2) is 0 Å². The van der Waals surface area contributed by atoms with Gasteiger partial charge in [0.05, 0.1) is 18.4 Å². The summed E-state index contributed by atoms with van der Waals surface area (Å²) >= 11 is 0. The number of amides is 2. The lowest BCUT2D eigenvalue weighted by molar-refractivity contribution is -0.151. The van der Waals surface area contributed by atoms with Crippen LogP contribution in [0.1, 0.15) is 22.7 Å². The molecule has 0 aliphatic carbocycles. The number of aliphatic carboxylic acids is 1. The van der Waals surface area contributed by atoms with Crippen LogP contribution in [0.2, 0.25) is 0 Å². The molecular formula is C24H22N2O4. The quantitative estimate of drug-likeness (QED) is 0.590. The van der Waals surface area contributed by atoms with Crippen LogP contribution >= 0.6 is 0 Å². The molecule has 2 fully saturated rings. The number of carbonyl (C=O) groups is 3. The van der Waals surface area contributed by atoms with E-state index < -0.39 is 41.2 Å². The zero-order valence-corrected chi connectivity index (χ0v) is 16.5. The standard InChI is InChI=1S/C24H22N2O4/c1-3-13-26-21(27)18-19(22(26)28)24(23(29)30,14-16-10-5-4-6-11-16)25-20(18)17-12-8-7-9-15(17)2/h1,4-12,18-20,25H,13-14H2,2H3,(H,29,30). The lowest BCUT2D eigenvalue weighted by Crippen LogP contribution is -2.57. The topological polar surface area (TPSA) is 86.7 Å². The predicted molar refractivity (Wildman–Crippen MR) is 110 cm³/mol. The van der Waals surface area contributed by atoms with Crippen molar-refractivity contribution in [2.45, 2.75) is 24.9 Å². The molecule has 0 radical (unpaired) electrons. The number of fused-ring (bicyclic) bond motifs is 1. The van der Waals surface area contributed by atoms with E-state index in [1.807, 2.05) is 61.5 Å². The number of carboxylic acid groups (broad SMARTS) is 1. The van der Waals surface area contributed by atoms with Crippen molar-refractivity contribution < 1.29 is 19.5 Å². The van der Waals surface area contributed by atoms with Gasteiger partial charge in [-0.1, -0.05) is 60.5 Å². The molecule has 2 aliphatic rings. The molecule has 6 nitrogen and oxygen atoms in total. The van der Waals surface area contributed by atoms with Gasteiger partial charge in [-0.2, -0.15) is 0 Å². The first-order chi connectivity index (χ1) is 14.4. The number of nitrogens with zero attached hydrogens (tertiary/aromatic N) is 1. The zero-order chi connectivity index (χ0) is 21.5. The number of rotatable bonds is 5. The predicted octanol–water partition coefficient (Wildman–Crippen LogP) is 1.94. The largest absolute Gasteiger partial charge is 0.480 e. The number of aryl methyl sites for hydroxylation is 1. The summed E-state index contributed by atoms with van der Waals surface area (Å²) in [4.78, 5) is 40.2. The molecule has 2 aromatic carbocycles. The van der Waals surface area contributed by atoms with Crippen LogP contribution in [0.15, 0.2) is 54.6 Å². The van der Waals surface area contributed by atoms with Crippen molar-refractivity contribution in [1.82, 2.24) is 10.2 Å². The maximum atomic E-state index is 13.3. The monoisotopic (exact) mass is 402 g/mol. The Morgan fingerprint density at radius 1 is 1.13 bits per heavy atom. The van der Waals surface area contributed by atoms with Gasteiger partial charge in [-0.15, -0.1) is 6.42 Å². The average molecular weight is 402 g/mol. The first-order valence-corrected chi connectivity index (χ1v) is 9.80. The summed E-state index contributed by atoms with van der Waals surface area (Å²) in [6, 6.07) is 16.0. The number of carbonyl (C=O) groups excluding carboxylic acids is 2. The summed E-state index contributed by atoms with van der Waals surface area (Å²) in [5, 5.41) is 13.6. The van der Waals surface area contributed by atoms with Crippen molar-refractivity contribution in [1.29, 1.82) is 0 Å². The number of imide groups is 1. The van der Waals surface area contributed by atoms with Crippen LogP contribution in [0.4, 0.5) is 0 Å². The summed E-state index contributed by atoms with van der Waals surface area (Å²) in [6.45, 7) is 1.75. The lowest BCUT2D eigenvalue weighted by Gasteiger charge is -2.31. The highest BCUT2D eigenvalue weighted by Gasteiger charge is 2.68. The number of likely N-dealkylation sites (tertiary alicyclic amines) is 1. The molecule has 4 rings (SSSR count). The first-order valence-electron chi connectivity index (χ1n) is 9.80. The van der Waals surface area contributed by atoms with Gasteiger partial charge in [-0.25, -0.2) is 0 Å². The number of nitrogens with one attached hydrogen (secondary N) is 1. The zero-order valence-electron chi connectivity index (χ0n) is 16.5. The van der Waals surface area contributed by atoms with E-state index in [0.29, 0.717) is 0 Å². The van der Waals surface area contributed by atoms with E-state index >= 15 is 0 Å². The molecule has 2 amide bonds. The van der Waals surface area contributed by atoms with E-state index in [1.165, 1.54) is 0 Å². The minimum absolute atomic E-state index is 0.0790. The molecule has 2 N–H and O–H groups in total. The van der Waals surface area contributed by atoms with Crippen molar-refractivity contribution in [2.24, 2.45) is 11.8 Å². The SMILES string of the molecule is C#CCN1C(=O)C2C(c3ccccc3C)NC(Cc3ccccc3)(C(=O)O)C2C1=O. The van der Waals surface area contributed by atoms with Gasteiger partial charge in [-0.3, -0.25) is 24.6 Å². The second-order valence-electron chi connectivity index (χ2n) is 7.89. The van der Waals surface area contributed by atoms with Gasteiger partial charge in [0.25, 0.3) is 0 Å². The van der Waals surface area contributed by atoms with Gasteiger partial charge < -0.3 is 5.11 Å². The van der Waals surface area contributed by atoms with Gasteiger partial charge in [0, 0.05) is 12.5 Å². The maximum absolute atomic E-state index is 13.3. The van der Waals surface area contributed by atoms with Crippen molar-refractivity contribution in [3.63, 3.8) is 0 Å². The molecule has 0 saturated carbocycles. The van der Waals surface area contributed by atoms with Crippen LogP contribution in [0, 0.1) is 31.1 Å². The van der Waals surface area contributed by atoms with Crippen LogP contribution in [0.3, 0.4) is 0 Å². The van der Waals surface area contributed by atoms with E-state index in [9.17, 15) is 19.5 Å². The van der Waals surface area contributed by atoms with Crippen LogP contribution in [0.25, 0.3) is 0 Å². The molecule has 6 heteroatoms. The highest BCUT2D eigenvalue weighted by atomic mass is 16.4. The van der Waals surface area contributed by atoms with Crippen molar-refractivity contribution in [3.8, 4) is 12.3 Å². The van der Waals surface area contributed by atoms with Gasteiger partial charge in [-0.05, 0) is 23.6 Å². The Labute approximate surface area is 174 Å². The molecule has 0 aromatic heterocycles. The van der Waals surface area contributed by atoms with E-state index in [2.05, 4.69) is 11.2 Å². The van der Waals surface area contributed by atoms with Crippen LogP contribution in [0.5, 0.6) is 0 Å². The molecule has 0 spiro atoms. The van der Waals surface area contributed by atoms with Crippen LogP contribution < -0.4 is 5.32 Å². The number of benzene rings is 2. The van der Waals surface area contributed by atoms with Crippen LogP contribution in [-0.4, -0.2) is 39.9 Å². The molecule has 30 heavy (non-hydrogen) atoms. The average Bonchev–Trinajstić information content (AvgIpc) is 3.19. The molecule has 2 saturated heterocycles. The van der Waals surface area contributed by atoms with E-state index in [1.54, 1.807) is 0 Å². The highest BCUT2D eigenvalue weighted by Crippen LogP contribution is 2.50. The third kappa shape index (κ3) is 2.90. The fourth-order valence-electron chi connectivity index (χ4n) is 4.87. The normalized spacial score (nSPS) is 27.7. The summed E-state index contributed by atoms with van der Waals surface area (Å²) in [7, 11) is 0. The van der Waals surface area contributed by atoms with E-state index in [4.69, 9.17) is 6.42 Å². The van der Waals surface area contributed by atoms with Crippen LogP contribution in [-0.2, 0) is 20.8 Å². The van der Waals surface area contributed by atoms with Crippen molar-refractivity contribution in [2.75, 3.05) is 6.54 Å². The Balaban J connectivity index is 1.87. The second-order valence-corrected chi connectivity index (χ2v) is 7.89. The Morgan fingerprint density at radius 2 is 1.80 bits per heavy atom. The summed E-state index contributed by atoms with van der Waals surface area (Å²) < 4.78 is 0. The fraction of sp³-hybridized carbons (Fsp3) is 0.292. The Kier molecular flexibility index (Phi) is 4.92. The lowest BCUT2D eigenvalue weighted by atomic mass is 9.76. The van der Waals surface area contributed by atoms with E-state index in [-0.39, 0.29) is 13.0 Å². The third-order valence-corrected chi connectivity index (χ3v) is 6.23. The Hall–Kier alpha value is -3.43. The molecule has 4 unspecified atom stereocenters. The number of carboxylic acids is 1. The fourth-order valence-corrected chi connectivity index (χ4v) is 4.87. The minimum Gasteiger partial charge on any atom is -0.480 e. The first kappa shape index (κ1) is 19.9. The molecule has 2 aliphatic heterocycles. The molecule has 4 atom stereocenters. The smallest absolute Gasteiger partial charge is 0.325 e. The molecule has 0 bridgehead atoms. The minimum atomic E-state index is -1.62. The number of hydrogen-bond acceptors (Lipinski definition) is 4. The number of terminal acetylenes is 1. The third-order valence-electron chi connectivity index (χ3n) is 6.23. The van der Waals surface area contributed by atoms with Gasteiger partial charge in [0.2, 0.25) is 11.8 Å². The van der Waals surface area contributed by atoms with Crippen molar-refractivity contribution >= 4 is 17.8 Å². The van der Waals surface area contributed by atoms with E-state index in [0.717, 1.165) is 21.6 Å². The molecular weight excluding hydrogens is 380 g/mol. The molecule has 2 heterocycles. The van der Waals surface area contributed by atoms with Gasteiger partial charge in [0.1, 0.15) is 5.54 Å². The van der Waals surface area contributed by atoms with Gasteiger partial charge >= 0.3 is 5.97 Å². The molecule has 152 valence electrons. The maximum Gasteiger partial charge on any atom is 0.325 e. The second kappa shape index (κ2) is 7.43. The highest BCUT2D eigenvalue weighted by molar-refractivity contribution is 6.09. The summed E-state index contributed by atoms with van der Waals surface area (Å²) in [6.07, 6.45) is 5.45. The Bertz CT molecular complexity index is 1060. The summed E-state index contributed by atoms with van der Waals surface area (Å²) in [5.41, 5.74) is 0.889. The molecule has 2 aromatic rings.